The van der Waals surface area contributed by atoms with E-state index >= 15 is 0 Å². The van der Waals surface area contributed by atoms with Crippen molar-refractivity contribution in [1.29, 1.82) is 0 Å². The Morgan fingerprint density at radius 3 is 2.58 bits per heavy atom. The van der Waals surface area contributed by atoms with E-state index in [1.165, 1.54) is 16.3 Å². The second-order valence-corrected chi connectivity index (χ2v) is 7.45. The molecule has 0 aromatic heterocycles. The van der Waals surface area contributed by atoms with E-state index in [-0.39, 0.29) is 5.91 Å². The van der Waals surface area contributed by atoms with Crippen molar-refractivity contribution in [3.8, 4) is 5.75 Å². The van der Waals surface area contributed by atoms with Gasteiger partial charge < -0.3 is 4.74 Å². The molecule has 4 rings (SSSR count). The highest BCUT2D eigenvalue weighted by Crippen LogP contribution is 2.21. The number of carbonyl (C=O) groups excluding carboxylic acids is 1. The van der Waals surface area contributed by atoms with Crippen LogP contribution in [0.3, 0.4) is 0 Å². The van der Waals surface area contributed by atoms with Crippen LogP contribution in [-0.2, 0) is 17.8 Å². The van der Waals surface area contributed by atoms with Crippen molar-refractivity contribution in [2.24, 2.45) is 5.10 Å². The number of nitrogens with one attached hydrogen (secondary N) is 1. The molecule has 0 aliphatic rings. The van der Waals surface area contributed by atoms with Crippen molar-refractivity contribution in [1.82, 2.24) is 5.43 Å². The van der Waals surface area contributed by atoms with Gasteiger partial charge in [-0.05, 0) is 46.5 Å². The molecule has 0 aliphatic heterocycles. The minimum Gasteiger partial charge on any atom is -0.489 e. The molecule has 154 valence electrons. The summed E-state index contributed by atoms with van der Waals surface area (Å²) in [6, 6.07) is 30.1. The molecule has 4 heteroatoms. The Labute approximate surface area is 182 Å². The highest BCUT2D eigenvalue weighted by Gasteiger charge is 2.03. The Balaban J connectivity index is 1.34. The summed E-state index contributed by atoms with van der Waals surface area (Å²) in [5.41, 5.74) is 6.70. The molecule has 1 N–H and O–H groups in total. The summed E-state index contributed by atoms with van der Waals surface area (Å²) < 4.78 is 6.01. The zero-order valence-corrected chi connectivity index (χ0v) is 17.4. The predicted molar refractivity (Wildman–Crippen MR) is 125 cm³/mol. The fourth-order valence-electron chi connectivity index (χ4n) is 3.37. The van der Waals surface area contributed by atoms with Gasteiger partial charge in [0.15, 0.2) is 0 Å². The molecule has 4 nitrogen and oxygen atoms in total. The largest absolute Gasteiger partial charge is 0.489 e. The van der Waals surface area contributed by atoms with Gasteiger partial charge in [-0.25, -0.2) is 5.43 Å². The number of rotatable bonds is 7. The lowest BCUT2D eigenvalue weighted by molar-refractivity contribution is -0.120. The molecule has 4 aromatic rings. The molecule has 4 aromatic carbocycles. The van der Waals surface area contributed by atoms with E-state index < -0.39 is 0 Å². The zero-order chi connectivity index (χ0) is 21.5. The molecule has 0 spiro atoms. The highest BCUT2D eigenvalue weighted by atomic mass is 16.5. The summed E-state index contributed by atoms with van der Waals surface area (Å²) in [6.07, 6.45) is 1.92. The first-order valence-electron chi connectivity index (χ1n) is 10.2. The maximum absolute atomic E-state index is 12.1. The molecular formula is C27H24N2O2. The Hall–Kier alpha value is -3.92. The third-order valence-electron chi connectivity index (χ3n) is 5.02. The summed E-state index contributed by atoms with van der Waals surface area (Å²) in [7, 11) is 0. The maximum atomic E-state index is 12.1. The second kappa shape index (κ2) is 9.72. The van der Waals surface area contributed by atoms with Crippen molar-refractivity contribution in [2.45, 2.75) is 20.0 Å². The molecule has 0 bridgehead atoms. The van der Waals surface area contributed by atoms with Crippen LogP contribution in [0.25, 0.3) is 10.8 Å². The lowest BCUT2D eigenvalue weighted by Crippen LogP contribution is -2.19. The van der Waals surface area contributed by atoms with Crippen molar-refractivity contribution >= 4 is 22.9 Å². The Kier molecular flexibility index (Phi) is 6.38. The van der Waals surface area contributed by atoms with Gasteiger partial charge in [-0.2, -0.15) is 5.10 Å². The number of benzene rings is 4. The molecule has 31 heavy (non-hydrogen) atoms. The van der Waals surface area contributed by atoms with Crippen LogP contribution in [0.1, 0.15) is 22.3 Å². The number of ether oxygens (including phenoxy) is 1. The lowest BCUT2D eigenvalue weighted by atomic mass is 10.1. The van der Waals surface area contributed by atoms with E-state index in [1.54, 1.807) is 6.21 Å². The average Bonchev–Trinajstić information content (AvgIpc) is 2.79. The first-order chi connectivity index (χ1) is 15.2. The van der Waals surface area contributed by atoms with Gasteiger partial charge in [0, 0.05) is 0 Å². The molecule has 1 amide bonds. The average molecular weight is 409 g/mol. The van der Waals surface area contributed by atoms with Crippen molar-refractivity contribution < 1.29 is 9.53 Å². The smallest absolute Gasteiger partial charge is 0.244 e. The molecule has 0 fully saturated rings. The van der Waals surface area contributed by atoms with Gasteiger partial charge in [0.05, 0.1) is 12.6 Å². The summed E-state index contributed by atoms with van der Waals surface area (Å²) >= 11 is 0. The van der Waals surface area contributed by atoms with Gasteiger partial charge in [0.2, 0.25) is 5.91 Å². The number of nitrogens with zero attached hydrogens (tertiary/aromatic N) is 1. The third-order valence-corrected chi connectivity index (χ3v) is 5.02. The van der Waals surface area contributed by atoms with Gasteiger partial charge in [-0.3, -0.25) is 4.79 Å². The Bertz CT molecular complexity index is 1210. The number of amides is 1. The van der Waals surface area contributed by atoms with Crippen LogP contribution in [0.5, 0.6) is 5.75 Å². The van der Waals surface area contributed by atoms with E-state index in [4.69, 9.17) is 4.74 Å². The monoisotopic (exact) mass is 408 g/mol. The molecule has 0 saturated carbocycles. The number of hydrazone groups is 1. The summed E-state index contributed by atoms with van der Waals surface area (Å²) in [6.45, 7) is 2.50. The summed E-state index contributed by atoms with van der Waals surface area (Å²) in [4.78, 5) is 12.1. The van der Waals surface area contributed by atoms with Crippen LogP contribution in [0.2, 0.25) is 0 Å². The van der Waals surface area contributed by atoms with E-state index in [0.717, 1.165) is 22.4 Å². The first kappa shape index (κ1) is 20.4. The summed E-state index contributed by atoms with van der Waals surface area (Å²) in [5, 5.41) is 6.47. The number of aryl methyl sites for hydroxylation is 1. The van der Waals surface area contributed by atoms with Crippen LogP contribution < -0.4 is 10.2 Å². The highest BCUT2D eigenvalue weighted by molar-refractivity contribution is 5.85. The number of carbonyl (C=O) groups is 1. The quantitative estimate of drug-likeness (QED) is 0.328. The predicted octanol–water partition coefficient (Wildman–Crippen LogP) is 5.42. The summed E-state index contributed by atoms with van der Waals surface area (Å²) in [5.74, 6) is 0.603. The van der Waals surface area contributed by atoms with Crippen LogP contribution in [0, 0.1) is 6.92 Å². The zero-order valence-electron chi connectivity index (χ0n) is 17.4. The van der Waals surface area contributed by atoms with Crippen molar-refractivity contribution in [3.05, 3.63) is 113 Å². The SMILES string of the molecule is Cc1ccc(CC(=O)N/N=C\c2cccc(OCc3cccc4ccccc34)c2)cc1. The molecule has 0 saturated heterocycles. The van der Waals surface area contributed by atoms with Crippen LogP contribution >= 0.6 is 0 Å². The van der Waals surface area contributed by atoms with E-state index in [9.17, 15) is 4.79 Å². The van der Waals surface area contributed by atoms with Crippen LogP contribution in [-0.4, -0.2) is 12.1 Å². The van der Waals surface area contributed by atoms with Crippen LogP contribution in [0.15, 0.2) is 96.1 Å². The minimum absolute atomic E-state index is 0.150. The number of hydrogen-bond acceptors (Lipinski definition) is 3. The maximum Gasteiger partial charge on any atom is 0.244 e. The minimum atomic E-state index is -0.150. The molecular weight excluding hydrogens is 384 g/mol. The fraction of sp³-hybridized carbons (Fsp3) is 0.111. The molecule has 0 radical (unpaired) electrons. The van der Waals surface area contributed by atoms with Crippen molar-refractivity contribution in [3.63, 3.8) is 0 Å². The molecule has 0 unspecified atom stereocenters. The number of fused-ring (bicyclic) bond motifs is 1. The molecule has 0 atom stereocenters. The topological polar surface area (TPSA) is 50.7 Å². The van der Waals surface area contributed by atoms with E-state index in [2.05, 4.69) is 34.8 Å². The normalized spacial score (nSPS) is 11.0. The number of hydrogen-bond donors (Lipinski definition) is 1. The van der Waals surface area contributed by atoms with Gasteiger partial charge >= 0.3 is 0 Å². The standard InChI is InChI=1S/C27H24N2O2/c1-20-12-14-21(15-13-20)17-27(30)29-28-18-22-6-4-10-25(16-22)31-19-24-9-5-8-23-7-2-3-11-26(23)24/h2-16,18H,17,19H2,1H3,(H,29,30)/b28-18-. The van der Waals surface area contributed by atoms with E-state index in [1.807, 2.05) is 73.7 Å². The van der Waals surface area contributed by atoms with Gasteiger partial charge in [-0.1, -0.05) is 84.4 Å². The second-order valence-electron chi connectivity index (χ2n) is 7.45. The van der Waals surface area contributed by atoms with Gasteiger partial charge in [0.1, 0.15) is 12.4 Å². The molecule has 0 aliphatic carbocycles. The Morgan fingerprint density at radius 2 is 1.71 bits per heavy atom. The third kappa shape index (κ3) is 5.58. The van der Waals surface area contributed by atoms with E-state index in [0.29, 0.717) is 13.0 Å². The fourth-order valence-corrected chi connectivity index (χ4v) is 3.37. The van der Waals surface area contributed by atoms with Crippen molar-refractivity contribution in [2.75, 3.05) is 0 Å². The Morgan fingerprint density at radius 1 is 0.935 bits per heavy atom. The first-order valence-corrected chi connectivity index (χ1v) is 10.2. The van der Waals surface area contributed by atoms with Gasteiger partial charge in [0.25, 0.3) is 0 Å². The van der Waals surface area contributed by atoms with Gasteiger partial charge in [-0.15, -0.1) is 0 Å². The molecule has 0 heterocycles. The lowest BCUT2D eigenvalue weighted by Gasteiger charge is -2.09. The van der Waals surface area contributed by atoms with Crippen LogP contribution in [0.4, 0.5) is 0 Å².